The highest BCUT2D eigenvalue weighted by Crippen LogP contribution is 2.21. The fourth-order valence-corrected chi connectivity index (χ4v) is 3.73. The summed E-state index contributed by atoms with van der Waals surface area (Å²) in [4.78, 5) is 16.6. The summed E-state index contributed by atoms with van der Waals surface area (Å²) in [5.74, 6) is 0.450. The number of benzene rings is 2. The molecule has 0 aromatic heterocycles. The Morgan fingerprint density at radius 3 is 2.31 bits per heavy atom. The molecule has 1 amide bonds. The van der Waals surface area contributed by atoms with E-state index in [0.717, 1.165) is 50.3 Å². The Morgan fingerprint density at radius 2 is 1.69 bits per heavy atom. The second-order valence-electron chi connectivity index (χ2n) is 7.29. The average molecular weight is 352 g/mol. The second-order valence-corrected chi connectivity index (χ2v) is 7.29. The quantitative estimate of drug-likeness (QED) is 0.756. The molecule has 136 valence electrons. The average Bonchev–Trinajstić information content (AvgIpc) is 3.48. The number of rotatable bonds is 5. The van der Waals surface area contributed by atoms with Crippen LogP contribution in [0, 0.1) is 0 Å². The SMILES string of the molecule is O=C(NC1CC1)[C@H](c1ccccc1)[NH+]1CCN(c2ccc(O)cc2)CC1. The second kappa shape index (κ2) is 7.38. The Balaban J connectivity index is 1.46. The smallest absolute Gasteiger partial charge is 0.283 e. The van der Waals surface area contributed by atoms with E-state index in [2.05, 4.69) is 22.3 Å². The van der Waals surface area contributed by atoms with Crippen molar-refractivity contribution in [1.82, 2.24) is 5.32 Å². The van der Waals surface area contributed by atoms with Crippen molar-refractivity contribution in [3.63, 3.8) is 0 Å². The Labute approximate surface area is 154 Å². The number of nitrogens with one attached hydrogen (secondary N) is 2. The van der Waals surface area contributed by atoms with Crippen LogP contribution in [0.3, 0.4) is 0 Å². The van der Waals surface area contributed by atoms with Crippen LogP contribution < -0.4 is 15.1 Å². The van der Waals surface area contributed by atoms with E-state index in [1.165, 1.54) is 4.90 Å². The third kappa shape index (κ3) is 3.83. The summed E-state index contributed by atoms with van der Waals surface area (Å²) < 4.78 is 0. The topological polar surface area (TPSA) is 57.0 Å². The predicted molar refractivity (Wildman–Crippen MR) is 101 cm³/mol. The lowest BCUT2D eigenvalue weighted by Gasteiger charge is -2.37. The molecule has 1 heterocycles. The van der Waals surface area contributed by atoms with Crippen molar-refractivity contribution in [2.24, 2.45) is 0 Å². The zero-order chi connectivity index (χ0) is 17.9. The molecule has 2 aromatic carbocycles. The molecule has 0 spiro atoms. The van der Waals surface area contributed by atoms with Crippen LogP contribution in [0.1, 0.15) is 24.4 Å². The molecule has 1 atom stereocenters. The Bertz CT molecular complexity index is 736. The highest BCUT2D eigenvalue weighted by molar-refractivity contribution is 5.82. The van der Waals surface area contributed by atoms with Gasteiger partial charge in [0.1, 0.15) is 5.75 Å². The summed E-state index contributed by atoms with van der Waals surface area (Å²) in [7, 11) is 0. The van der Waals surface area contributed by atoms with E-state index in [4.69, 9.17) is 0 Å². The highest BCUT2D eigenvalue weighted by atomic mass is 16.3. The van der Waals surface area contributed by atoms with Crippen molar-refractivity contribution < 1.29 is 14.8 Å². The fraction of sp³-hybridized carbons (Fsp3) is 0.381. The van der Waals surface area contributed by atoms with Crippen molar-refractivity contribution >= 4 is 11.6 Å². The van der Waals surface area contributed by atoms with Crippen LogP contribution in [-0.4, -0.2) is 43.2 Å². The molecule has 4 rings (SSSR count). The van der Waals surface area contributed by atoms with Gasteiger partial charge in [0, 0.05) is 17.3 Å². The maximum Gasteiger partial charge on any atom is 0.283 e. The lowest BCUT2D eigenvalue weighted by molar-refractivity contribution is -0.922. The Hall–Kier alpha value is -2.53. The number of nitrogens with zero attached hydrogens (tertiary/aromatic N) is 1. The molecule has 1 saturated carbocycles. The van der Waals surface area contributed by atoms with Gasteiger partial charge >= 0.3 is 0 Å². The van der Waals surface area contributed by atoms with Gasteiger partial charge in [0.2, 0.25) is 0 Å². The minimum absolute atomic E-state index is 0.140. The van der Waals surface area contributed by atoms with Crippen LogP contribution in [0.15, 0.2) is 54.6 Å². The number of piperazine rings is 1. The maximum atomic E-state index is 12.9. The van der Waals surface area contributed by atoms with Crippen LogP contribution in [0.2, 0.25) is 0 Å². The first-order valence-electron chi connectivity index (χ1n) is 9.44. The van der Waals surface area contributed by atoms with Gasteiger partial charge in [0.25, 0.3) is 5.91 Å². The van der Waals surface area contributed by atoms with Gasteiger partial charge < -0.3 is 20.2 Å². The van der Waals surface area contributed by atoms with Gasteiger partial charge in [-0.15, -0.1) is 0 Å². The molecule has 3 N–H and O–H groups in total. The molecular formula is C21H26N3O2+. The number of quaternary nitrogens is 1. The zero-order valence-corrected chi connectivity index (χ0v) is 14.9. The maximum absolute atomic E-state index is 12.9. The number of anilines is 1. The van der Waals surface area contributed by atoms with Gasteiger partial charge in [0.15, 0.2) is 6.04 Å². The molecule has 2 fully saturated rings. The van der Waals surface area contributed by atoms with Gasteiger partial charge in [-0.3, -0.25) is 4.79 Å². The minimum atomic E-state index is -0.140. The first kappa shape index (κ1) is 16.9. The number of phenolic OH excluding ortho intramolecular Hbond substituents is 1. The first-order valence-corrected chi connectivity index (χ1v) is 9.44. The van der Waals surface area contributed by atoms with Crippen molar-refractivity contribution in [3.05, 3.63) is 60.2 Å². The fourth-order valence-electron chi connectivity index (χ4n) is 3.73. The van der Waals surface area contributed by atoms with E-state index < -0.39 is 0 Å². The number of carbonyl (C=O) groups is 1. The number of carbonyl (C=O) groups excluding carboxylic acids is 1. The molecule has 2 aliphatic rings. The van der Waals surface area contributed by atoms with Crippen LogP contribution >= 0.6 is 0 Å². The Kier molecular flexibility index (Phi) is 4.80. The van der Waals surface area contributed by atoms with Gasteiger partial charge in [0.05, 0.1) is 26.2 Å². The van der Waals surface area contributed by atoms with Crippen molar-refractivity contribution in [2.75, 3.05) is 31.1 Å². The summed E-state index contributed by atoms with van der Waals surface area (Å²) in [6.07, 6.45) is 2.22. The molecule has 5 heteroatoms. The Morgan fingerprint density at radius 1 is 1.04 bits per heavy atom. The number of hydrogen-bond donors (Lipinski definition) is 3. The van der Waals surface area contributed by atoms with E-state index in [1.807, 2.05) is 30.3 Å². The lowest BCUT2D eigenvalue weighted by atomic mass is 10.0. The van der Waals surface area contributed by atoms with Crippen LogP contribution in [0.25, 0.3) is 0 Å². The highest BCUT2D eigenvalue weighted by Gasteiger charge is 2.36. The van der Waals surface area contributed by atoms with Crippen LogP contribution in [-0.2, 0) is 4.79 Å². The van der Waals surface area contributed by atoms with E-state index in [9.17, 15) is 9.90 Å². The summed E-state index contributed by atoms with van der Waals surface area (Å²) in [5.41, 5.74) is 2.22. The summed E-state index contributed by atoms with van der Waals surface area (Å²) >= 11 is 0. The monoisotopic (exact) mass is 352 g/mol. The largest absolute Gasteiger partial charge is 0.508 e. The van der Waals surface area contributed by atoms with Crippen LogP contribution in [0.5, 0.6) is 5.75 Å². The van der Waals surface area contributed by atoms with E-state index in [0.29, 0.717) is 11.8 Å². The molecule has 1 aliphatic carbocycles. The number of hydrogen-bond acceptors (Lipinski definition) is 3. The lowest BCUT2D eigenvalue weighted by Crippen LogP contribution is -3.16. The van der Waals surface area contributed by atoms with Gasteiger partial charge in [-0.1, -0.05) is 30.3 Å². The van der Waals surface area contributed by atoms with Crippen molar-refractivity contribution in [2.45, 2.75) is 24.9 Å². The van der Waals surface area contributed by atoms with E-state index >= 15 is 0 Å². The van der Waals surface area contributed by atoms with Crippen LogP contribution in [0.4, 0.5) is 5.69 Å². The number of phenols is 1. The number of amides is 1. The molecule has 1 aliphatic heterocycles. The summed E-state index contributed by atoms with van der Waals surface area (Å²) in [6, 6.07) is 17.8. The van der Waals surface area contributed by atoms with Gasteiger partial charge in [-0.2, -0.15) is 0 Å². The standard InChI is InChI=1S/C21H25N3O2/c25-19-10-8-18(9-11-19)23-12-14-24(15-13-23)20(16-4-2-1-3-5-16)21(26)22-17-6-7-17/h1-5,8-11,17,20,25H,6-7,12-15H2,(H,22,26)/p+1/t20-/m0/s1. The molecule has 0 radical (unpaired) electrons. The molecule has 2 aromatic rings. The van der Waals surface area contributed by atoms with Crippen molar-refractivity contribution in [3.8, 4) is 5.75 Å². The van der Waals surface area contributed by atoms with Crippen molar-refractivity contribution in [1.29, 1.82) is 0 Å². The van der Waals surface area contributed by atoms with Gasteiger partial charge in [-0.25, -0.2) is 0 Å². The third-order valence-corrected chi connectivity index (χ3v) is 5.35. The van der Waals surface area contributed by atoms with E-state index in [-0.39, 0.29) is 11.9 Å². The predicted octanol–water partition coefficient (Wildman–Crippen LogP) is 1.12. The molecule has 0 bridgehead atoms. The summed E-state index contributed by atoms with van der Waals surface area (Å²) in [5, 5.41) is 12.7. The molecule has 1 saturated heterocycles. The molecule has 26 heavy (non-hydrogen) atoms. The van der Waals surface area contributed by atoms with Gasteiger partial charge in [-0.05, 0) is 37.1 Å². The first-order chi connectivity index (χ1) is 12.7. The summed E-state index contributed by atoms with van der Waals surface area (Å²) in [6.45, 7) is 3.64. The molecular weight excluding hydrogens is 326 g/mol. The zero-order valence-electron chi connectivity index (χ0n) is 14.9. The molecule has 5 nitrogen and oxygen atoms in total. The van der Waals surface area contributed by atoms with E-state index in [1.54, 1.807) is 12.1 Å². The third-order valence-electron chi connectivity index (χ3n) is 5.35. The number of aromatic hydroxyl groups is 1. The molecule has 0 unspecified atom stereocenters. The normalized spacial score (nSPS) is 19.2. The minimum Gasteiger partial charge on any atom is -0.508 e.